The monoisotopic (exact) mass is 346 g/mol. The third-order valence-electron chi connectivity index (χ3n) is 4.55. The molecule has 1 heterocycles. The number of guanidine groups is 1. The Labute approximate surface area is 152 Å². The van der Waals surface area contributed by atoms with Gasteiger partial charge in [-0.25, -0.2) is 4.99 Å². The van der Waals surface area contributed by atoms with Crippen LogP contribution in [0.1, 0.15) is 36.5 Å². The third kappa shape index (κ3) is 7.45. The van der Waals surface area contributed by atoms with Crippen molar-refractivity contribution in [3.8, 4) is 0 Å². The summed E-state index contributed by atoms with van der Waals surface area (Å²) in [6, 6.07) is 6.56. The highest BCUT2D eigenvalue weighted by Crippen LogP contribution is 2.11. The van der Waals surface area contributed by atoms with Crippen molar-refractivity contribution in [2.24, 2.45) is 4.99 Å². The number of morpholine rings is 1. The molecule has 2 rings (SSSR count). The van der Waals surface area contributed by atoms with E-state index in [-0.39, 0.29) is 0 Å². The Hall–Kier alpha value is -1.59. The Morgan fingerprint density at radius 3 is 2.68 bits per heavy atom. The van der Waals surface area contributed by atoms with Crippen LogP contribution in [0.2, 0.25) is 0 Å². The van der Waals surface area contributed by atoms with Crippen LogP contribution in [0.3, 0.4) is 0 Å². The van der Waals surface area contributed by atoms with Crippen LogP contribution in [0.5, 0.6) is 0 Å². The van der Waals surface area contributed by atoms with Crippen LogP contribution in [0.25, 0.3) is 0 Å². The molecule has 5 nitrogen and oxygen atoms in total. The zero-order valence-electron chi connectivity index (χ0n) is 16.1. The van der Waals surface area contributed by atoms with Gasteiger partial charge in [0, 0.05) is 26.2 Å². The average Bonchev–Trinajstić information content (AvgIpc) is 2.61. The zero-order chi connectivity index (χ0) is 17.9. The van der Waals surface area contributed by atoms with Crippen molar-refractivity contribution >= 4 is 5.96 Å². The fourth-order valence-electron chi connectivity index (χ4n) is 3.02. The average molecular weight is 347 g/mol. The minimum absolute atomic E-state index is 0.717. The summed E-state index contributed by atoms with van der Waals surface area (Å²) in [5, 5.41) is 6.79. The van der Waals surface area contributed by atoms with Crippen LogP contribution in [0.4, 0.5) is 0 Å². The highest BCUT2D eigenvalue weighted by Gasteiger charge is 2.09. The maximum Gasteiger partial charge on any atom is 0.191 e. The lowest BCUT2D eigenvalue weighted by Crippen LogP contribution is -2.39. The van der Waals surface area contributed by atoms with E-state index in [1.807, 2.05) is 0 Å². The summed E-state index contributed by atoms with van der Waals surface area (Å²) in [6.07, 6.45) is 2.37. The van der Waals surface area contributed by atoms with Crippen LogP contribution in [0, 0.1) is 13.8 Å². The summed E-state index contributed by atoms with van der Waals surface area (Å²) in [5.74, 6) is 0.911. The SMILES string of the molecule is CCNC(=NCc1ccc(C)cc1C)NCCCCN1CCOCC1. The second-order valence-electron chi connectivity index (χ2n) is 6.71. The molecule has 0 spiro atoms. The minimum atomic E-state index is 0.717. The Kier molecular flexibility index (Phi) is 8.77. The lowest BCUT2D eigenvalue weighted by atomic mass is 10.1. The van der Waals surface area contributed by atoms with Crippen LogP contribution < -0.4 is 10.6 Å². The number of benzene rings is 1. The summed E-state index contributed by atoms with van der Waals surface area (Å²) in [6.45, 7) is 14.0. The van der Waals surface area contributed by atoms with Gasteiger partial charge in [0.05, 0.1) is 19.8 Å². The van der Waals surface area contributed by atoms with Crippen LogP contribution in [-0.4, -0.2) is 56.8 Å². The van der Waals surface area contributed by atoms with E-state index in [1.54, 1.807) is 0 Å². The van der Waals surface area contributed by atoms with Crippen molar-refractivity contribution in [2.45, 2.75) is 40.2 Å². The summed E-state index contributed by atoms with van der Waals surface area (Å²) in [5.41, 5.74) is 3.90. The molecular weight excluding hydrogens is 312 g/mol. The molecule has 0 aromatic heterocycles. The number of rotatable bonds is 8. The topological polar surface area (TPSA) is 48.9 Å². The molecule has 0 aliphatic carbocycles. The van der Waals surface area contributed by atoms with E-state index in [4.69, 9.17) is 9.73 Å². The summed E-state index contributed by atoms with van der Waals surface area (Å²) >= 11 is 0. The molecule has 1 aromatic carbocycles. The summed E-state index contributed by atoms with van der Waals surface area (Å²) < 4.78 is 5.39. The van der Waals surface area contributed by atoms with Gasteiger partial charge in [0.2, 0.25) is 0 Å². The van der Waals surface area contributed by atoms with Gasteiger partial charge in [-0.05, 0) is 51.3 Å². The maximum absolute atomic E-state index is 5.39. The van der Waals surface area contributed by atoms with Gasteiger partial charge in [-0.15, -0.1) is 0 Å². The van der Waals surface area contributed by atoms with Gasteiger partial charge >= 0.3 is 0 Å². The number of aliphatic imine (C=N–C) groups is 1. The minimum Gasteiger partial charge on any atom is -0.379 e. The predicted molar refractivity (Wildman–Crippen MR) is 105 cm³/mol. The maximum atomic E-state index is 5.39. The Balaban J connectivity index is 1.71. The summed E-state index contributed by atoms with van der Waals surface area (Å²) in [7, 11) is 0. The van der Waals surface area contributed by atoms with Crippen molar-refractivity contribution in [1.29, 1.82) is 0 Å². The van der Waals surface area contributed by atoms with Crippen LogP contribution in [0.15, 0.2) is 23.2 Å². The molecule has 0 atom stereocenters. The third-order valence-corrected chi connectivity index (χ3v) is 4.55. The molecule has 0 saturated carbocycles. The number of aryl methyl sites for hydroxylation is 2. The number of unbranched alkanes of at least 4 members (excludes halogenated alkanes) is 1. The molecule has 0 bridgehead atoms. The number of nitrogens with zero attached hydrogens (tertiary/aromatic N) is 2. The molecule has 1 aliphatic heterocycles. The molecule has 0 radical (unpaired) electrons. The largest absolute Gasteiger partial charge is 0.379 e. The van der Waals surface area contributed by atoms with Crippen molar-refractivity contribution in [1.82, 2.24) is 15.5 Å². The molecule has 140 valence electrons. The van der Waals surface area contributed by atoms with Crippen molar-refractivity contribution in [3.05, 3.63) is 34.9 Å². The van der Waals surface area contributed by atoms with Gasteiger partial charge in [0.25, 0.3) is 0 Å². The number of hydrogen-bond acceptors (Lipinski definition) is 3. The molecule has 1 saturated heterocycles. The molecule has 2 N–H and O–H groups in total. The molecule has 25 heavy (non-hydrogen) atoms. The Morgan fingerprint density at radius 2 is 1.96 bits per heavy atom. The van der Waals surface area contributed by atoms with E-state index in [0.29, 0.717) is 0 Å². The normalized spacial score (nSPS) is 16.0. The lowest BCUT2D eigenvalue weighted by molar-refractivity contribution is 0.0372. The highest BCUT2D eigenvalue weighted by atomic mass is 16.5. The van der Waals surface area contributed by atoms with E-state index in [9.17, 15) is 0 Å². The van der Waals surface area contributed by atoms with Crippen molar-refractivity contribution < 1.29 is 4.74 Å². The molecule has 0 amide bonds. The predicted octanol–water partition coefficient (Wildman–Crippen LogP) is 2.47. The van der Waals surface area contributed by atoms with Crippen LogP contribution in [-0.2, 0) is 11.3 Å². The quantitative estimate of drug-likeness (QED) is 0.431. The summed E-state index contributed by atoms with van der Waals surface area (Å²) in [4.78, 5) is 7.22. The van der Waals surface area contributed by atoms with Gasteiger partial charge in [-0.3, -0.25) is 4.90 Å². The first-order chi connectivity index (χ1) is 12.2. The fourth-order valence-corrected chi connectivity index (χ4v) is 3.02. The van der Waals surface area contributed by atoms with E-state index < -0.39 is 0 Å². The number of hydrogen-bond donors (Lipinski definition) is 2. The highest BCUT2D eigenvalue weighted by molar-refractivity contribution is 5.79. The fraction of sp³-hybridized carbons (Fsp3) is 0.650. The first-order valence-corrected chi connectivity index (χ1v) is 9.57. The molecule has 1 aliphatic rings. The lowest BCUT2D eigenvalue weighted by Gasteiger charge is -2.26. The van der Waals surface area contributed by atoms with Gasteiger partial charge in [-0.2, -0.15) is 0 Å². The van der Waals surface area contributed by atoms with Crippen molar-refractivity contribution in [3.63, 3.8) is 0 Å². The van der Waals surface area contributed by atoms with Gasteiger partial charge in [0.15, 0.2) is 5.96 Å². The Bertz CT molecular complexity index is 538. The zero-order valence-corrected chi connectivity index (χ0v) is 16.1. The molecular formula is C20H34N4O. The molecule has 1 aromatic rings. The van der Waals surface area contributed by atoms with E-state index in [2.05, 4.69) is 54.5 Å². The van der Waals surface area contributed by atoms with E-state index in [0.717, 1.165) is 58.3 Å². The van der Waals surface area contributed by atoms with E-state index in [1.165, 1.54) is 29.7 Å². The van der Waals surface area contributed by atoms with Crippen molar-refractivity contribution in [2.75, 3.05) is 45.9 Å². The first kappa shape index (κ1) is 19.7. The van der Waals surface area contributed by atoms with E-state index >= 15 is 0 Å². The van der Waals surface area contributed by atoms with Gasteiger partial charge < -0.3 is 15.4 Å². The second kappa shape index (κ2) is 11.1. The number of nitrogens with one attached hydrogen (secondary N) is 2. The second-order valence-corrected chi connectivity index (χ2v) is 6.71. The molecule has 5 heteroatoms. The van der Waals surface area contributed by atoms with Crippen LogP contribution >= 0.6 is 0 Å². The molecule has 0 unspecified atom stereocenters. The van der Waals surface area contributed by atoms with Gasteiger partial charge in [0.1, 0.15) is 0 Å². The standard InChI is InChI=1S/C20H34N4O/c1-4-21-20(23-16-19-8-7-17(2)15-18(19)3)22-9-5-6-10-24-11-13-25-14-12-24/h7-8,15H,4-6,9-14,16H2,1-3H3,(H2,21,22,23). The molecule has 1 fully saturated rings. The van der Waals surface area contributed by atoms with Gasteiger partial charge in [-0.1, -0.05) is 23.8 Å². The number of ether oxygens (including phenoxy) is 1. The Morgan fingerprint density at radius 1 is 1.16 bits per heavy atom. The first-order valence-electron chi connectivity index (χ1n) is 9.57. The smallest absolute Gasteiger partial charge is 0.191 e.